The van der Waals surface area contributed by atoms with Crippen LogP contribution in [-0.4, -0.2) is 20.6 Å². The number of rotatable bonds is 2. The Kier molecular flexibility index (Phi) is 3.19. The second kappa shape index (κ2) is 5.16. The monoisotopic (exact) mass is 280 g/mol. The van der Waals surface area contributed by atoms with Crippen LogP contribution < -0.4 is 11.0 Å². The third-order valence-corrected chi connectivity index (χ3v) is 3.10. The molecule has 1 aromatic carbocycles. The minimum Gasteiger partial charge on any atom is -0.267 e. The van der Waals surface area contributed by atoms with Crippen molar-refractivity contribution in [2.24, 2.45) is 0 Å². The van der Waals surface area contributed by atoms with Crippen molar-refractivity contribution in [3.63, 3.8) is 0 Å². The number of amides is 1. The highest BCUT2D eigenvalue weighted by atomic mass is 16.2. The van der Waals surface area contributed by atoms with Crippen LogP contribution in [0.15, 0.2) is 53.6 Å². The van der Waals surface area contributed by atoms with Crippen molar-refractivity contribution < 1.29 is 4.79 Å². The van der Waals surface area contributed by atoms with Gasteiger partial charge in [-0.25, -0.2) is 9.66 Å². The average molecular weight is 280 g/mol. The molecule has 0 unspecified atom stereocenters. The third kappa shape index (κ3) is 2.38. The van der Waals surface area contributed by atoms with Crippen LogP contribution in [0.1, 0.15) is 16.2 Å². The first kappa shape index (κ1) is 13.0. The minimum absolute atomic E-state index is 0.305. The maximum Gasteiger partial charge on any atom is 0.280 e. The van der Waals surface area contributed by atoms with Gasteiger partial charge in [-0.2, -0.15) is 0 Å². The van der Waals surface area contributed by atoms with Crippen molar-refractivity contribution in [2.75, 3.05) is 5.43 Å². The molecule has 0 aliphatic carbocycles. The van der Waals surface area contributed by atoms with Gasteiger partial charge in [-0.3, -0.25) is 20.0 Å². The summed E-state index contributed by atoms with van der Waals surface area (Å²) < 4.78 is 1.16. The summed E-state index contributed by atoms with van der Waals surface area (Å²) in [5.74, 6) is 0.0285. The topological polar surface area (TPSA) is 76.9 Å². The number of pyridine rings is 1. The summed E-state index contributed by atoms with van der Waals surface area (Å²) in [6.45, 7) is 1.67. The highest BCUT2D eigenvalue weighted by Gasteiger charge is 2.11. The van der Waals surface area contributed by atoms with Crippen molar-refractivity contribution in [2.45, 2.75) is 6.92 Å². The van der Waals surface area contributed by atoms with Gasteiger partial charge < -0.3 is 0 Å². The molecule has 0 spiro atoms. The molecular formula is C15H12N4O2. The van der Waals surface area contributed by atoms with Crippen LogP contribution in [0.3, 0.4) is 0 Å². The van der Waals surface area contributed by atoms with Crippen LogP contribution in [0.2, 0.25) is 0 Å². The van der Waals surface area contributed by atoms with Gasteiger partial charge in [0.15, 0.2) is 0 Å². The first-order valence-corrected chi connectivity index (χ1v) is 6.36. The molecule has 0 aliphatic heterocycles. The maximum atomic E-state index is 12.4. The molecule has 6 nitrogen and oxygen atoms in total. The fraction of sp³-hybridized carbons (Fsp3) is 0.0667. The molecule has 3 aromatic rings. The quantitative estimate of drug-likeness (QED) is 0.771. The molecule has 1 amide bonds. The van der Waals surface area contributed by atoms with Gasteiger partial charge in [0.1, 0.15) is 5.82 Å². The number of fused-ring (bicyclic) bond motifs is 1. The van der Waals surface area contributed by atoms with Crippen molar-refractivity contribution in [1.29, 1.82) is 0 Å². The Labute approximate surface area is 120 Å². The van der Waals surface area contributed by atoms with Crippen molar-refractivity contribution in [3.8, 4) is 0 Å². The van der Waals surface area contributed by atoms with E-state index in [9.17, 15) is 9.59 Å². The summed E-state index contributed by atoms with van der Waals surface area (Å²) in [5, 5.41) is 0.457. The normalized spacial score (nSPS) is 10.5. The zero-order valence-electron chi connectivity index (χ0n) is 11.3. The molecule has 6 heteroatoms. The Balaban J connectivity index is 2.05. The van der Waals surface area contributed by atoms with Gasteiger partial charge in [0.25, 0.3) is 11.5 Å². The second-order valence-corrected chi connectivity index (χ2v) is 4.49. The lowest BCUT2D eigenvalue weighted by Gasteiger charge is -2.11. The molecule has 2 heterocycles. The molecule has 21 heavy (non-hydrogen) atoms. The number of benzene rings is 1. The summed E-state index contributed by atoms with van der Waals surface area (Å²) in [5.41, 5.74) is 3.28. The number of carbonyl (C=O) groups excluding carboxylic acids is 1. The predicted molar refractivity (Wildman–Crippen MR) is 78.7 cm³/mol. The summed E-state index contributed by atoms with van der Waals surface area (Å²) in [6.07, 6.45) is 3.03. The Morgan fingerprint density at radius 3 is 2.62 bits per heavy atom. The highest BCUT2D eigenvalue weighted by Crippen LogP contribution is 2.07. The minimum atomic E-state index is -0.389. The summed E-state index contributed by atoms with van der Waals surface area (Å²) in [7, 11) is 0. The van der Waals surface area contributed by atoms with E-state index in [1.54, 1.807) is 37.3 Å². The Morgan fingerprint density at radius 2 is 1.86 bits per heavy atom. The summed E-state index contributed by atoms with van der Waals surface area (Å²) in [4.78, 5) is 32.7. The second-order valence-electron chi connectivity index (χ2n) is 4.49. The van der Waals surface area contributed by atoms with Crippen molar-refractivity contribution in [3.05, 3.63) is 70.5 Å². The summed E-state index contributed by atoms with van der Waals surface area (Å²) in [6, 6.07) is 10.2. The first-order chi connectivity index (χ1) is 10.2. The van der Waals surface area contributed by atoms with E-state index in [2.05, 4.69) is 15.4 Å². The smallest absolute Gasteiger partial charge is 0.267 e. The number of hydrogen-bond acceptors (Lipinski definition) is 4. The lowest BCUT2D eigenvalue weighted by Crippen LogP contribution is -2.35. The number of nitrogens with zero attached hydrogens (tertiary/aromatic N) is 3. The fourth-order valence-electron chi connectivity index (χ4n) is 2.04. The zero-order chi connectivity index (χ0) is 14.8. The molecule has 0 aliphatic rings. The van der Waals surface area contributed by atoms with Crippen LogP contribution in [0.4, 0.5) is 0 Å². The van der Waals surface area contributed by atoms with E-state index in [4.69, 9.17) is 0 Å². The van der Waals surface area contributed by atoms with Gasteiger partial charge >= 0.3 is 0 Å². The SMILES string of the molecule is Cc1nc2ccccc2c(=O)n1NC(=O)c1ccncc1. The van der Waals surface area contributed by atoms with Crippen molar-refractivity contribution in [1.82, 2.24) is 14.6 Å². The first-order valence-electron chi connectivity index (χ1n) is 6.36. The van der Waals surface area contributed by atoms with E-state index in [0.717, 1.165) is 4.68 Å². The Bertz CT molecular complexity index is 872. The molecule has 1 N–H and O–H groups in total. The van der Waals surface area contributed by atoms with Crippen LogP contribution in [0.25, 0.3) is 10.9 Å². The lowest BCUT2D eigenvalue weighted by molar-refractivity contribution is 0.101. The van der Waals surface area contributed by atoms with Gasteiger partial charge in [-0.15, -0.1) is 0 Å². The van der Waals surface area contributed by atoms with Crippen molar-refractivity contribution >= 4 is 16.8 Å². The number of aryl methyl sites for hydroxylation is 1. The molecule has 0 atom stereocenters. The van der Waals surface area contributed by atoms with Crippen LogP contribution in [0, 0.1) is 6.92 Å². The van der Waals surface area contributed by atoms with Gasteiger partial charge in [0, 0.05) is 18.0 Å². The molecule has 104 valence electrons. The van der Waals surface area contributed by atoms with Gasteiger partial charge in [0.2, 0.25) is 0 Å². The number of para-hydroxylation sites is 1. The fourth-order valence-corrected chi connectivity index (χ4v) is 2.04. The van der Waals surface area contributed by atoms with E-state index in [0.29, 0.717) is 22.3 Å². The molecule has 0 radical (unpaired) electrons. The zero-order valence-corrected chi connectivity index (χ0v) is 11.3. The molecule has 0 saturated heterocycles. The molecular weight excluding hydrogens is 268 g/mol. The van der Waals surface area contributed by atoms with Crippen LogP contribution >= 0.6 is 0 Å². The van der Waals surface area contributed by atoms with Crippen LogP contribution in [-0.2, 0) is 0 Å². The van der Waals surface area contributed by atoms with E-state index in [-0.39, 0.29) is 11.5 Å². The number of carbonyl (C=O) groups is 1. The Hall–Kier alpha value is -3.02. The van der Waals surface area contributed by atoms with E-state index >= 15 is 0 Å². The number of nitrogens with one attached hydrogen (secondary N) is 1. The number of aromatic nitrogens is 3. The van der Waals surface area contributed by atoms with Gasteiger partial charge in [-0.05, 0) is 31.2 Å². The Morgan fingerprint density at radius 1 is 1.14 bits per heavy atom. The highest BCUT2D eigenvalue weighted by molar-refractivity contribution is 5.99. The average Bonchev–Trinajstić information content (AvgIpc) is 2.52. The van der Waals surface area contributed by atoms with E-state index in [1.807, 2.05) is 6.07 Å². The van der Waals surface area contributed by atoms with Gasteiger partial charge in [-0.1, -0.05) is 12.1 Å². The molecule has 0 fully saturated rings. The van der Waals surface area contributed by atoms with E-state index < -0.39 is 0 Å². The molecule has 0 bridgehead atoms. The number of hydrogen-bond donors (Lipinski definition) is 1. The van der Waals surface area contributed by atoms with E-state index in [1.165, 1.54) is 12.4 Å². The standard InChI is InChI=1S/C15H12N4O2/c1-10-17-13-5-3-2-4-12(13)15(21)19(10)18-14(20)11-6-8-16-9-7-11/h2-9H,1H3,(H,18,20). The molecule has 3 rings (SSSR count). The summed E-state index contributed by atoms with van der Waals surface area (Å²) >= 11 is 0. The lowest BCUT2D eigenvalue weighted by atomic mass is 10.2. The maximum absolute atomic E-state index is 12.4. The molecule has 2 aromatic heterocycles. The third-order valence-electron chi connectivity index (χ3n) is 3.10. The largest absolute Gasteiger partial charge is 0.280 e. The molecule has 0 saturated carbocycles. The predicted octanol–water partition coefficient (Wildman–Crippen LogP) is 1.48. The van der Waals surface area contributed by atoms with Gasteiger partial charge in [0.05, 0.1) is 10.9 Å². The van der Waals surface area contributed by atoms with Crippen LogP contribution in [0.5, 0.6) is 0 Å².